The van der Waals surface area contributed by atoms with Crippen LogP contribution >= 0.6 is 27.0 Å². The molecule has 1 amide bonds. The minimum atomic E-state index is -1.04. The molecular weight excluding hydrogens is 441 g/mol. The van der Waals surface area contributed by atoms with Crippen molar-refractivity contribution in [2.45, 2.75) is 59.2 Å². The monoisotopic (exact) mass is 473 g/mol. The molecule has 0 saturated carbocycles. The summed E-state index contributed by atoms with van der Waals surface area (Å²) < 4.78 is 21.7. The lowest BCUT2D eigenvalue weighted by Gasteiger charge is -2.23. The lowest BCUT2D eigenvalue weighted by molar-refractivity contribution is -0.160. The summed E-state index contributed by atoms with van der Waals surface area (Å²) >= 11 is 0. The molecule has 174 valence electrons. The normalized spacial score (nSPS) is 19.8. The van der Waals surface area contributed by atoms with E-state index in [2.05, 4.69) is 5.32 Å². The number of ether oxygens (including phenoxy) is 3. The van der Waals surface area contributed by atoms with Crippen molar-refractivity contribution in [1.82, 2.24) is 5.32 Å². The van der Waals surface area contributed by atoms with E-state index in [1.165, 1.54) is 0 Å². The molecule has 2 atom stereocenters. The van der Waals surface area contributed by atoms with Gasteiger partial charge in [0, 0.05) is 5.56 Å². The SMILES string of the molecule is Cc1c(C(=O)N[C@H](C(=O)OC[C@@H]2COC(C)(C)O2)C(C)C)ccc2c1B(O)OC2.S.S. The Labute approximate surface area is 197 Å². The van der Waals surface area contributed by atoms with Crippen molar-refractivity contribution in [1.29, 1.82) is 0 Å². The van der Waals surface area contributed by atoms with Crippen LogP contribution in [0.25, 0.3) is 0 Å². The van der Waals surface area contributed by atoms with E-state index in [4.69, 9.17) is 18.9 Å². The van der Waals surface area contributed by atoms with Crippen LogP contribution in [0.2, 0.25) is 0 Å². The highest BCUT2D eigenvalue weighted by Crippen LogP contribution is 2.22. The molecule has 0 unspecified atom stereocenters. The Morgan fingerprint density at radius 3 is 2.58 bits per heavy atom. The first-order valence-electron chi connectivity index (χ1n) is 9.80. The maximum Gasteiger partial charge on any atom is 0.492 e. The third kappa shape index (κ3) is 6.39. The number of benzene rings is 1. The summed E-state index contributed by atoms with van der Waals surface area (Å²) in [7, 11) is -1.04. The van der Waals surface area contributed by atoms with Crippen molar-refractivity contribution in [3.63, 3.8) is 0 Å². The Morgan fingerprint density at radius 1 is 1.32 bits per heavy atom. The average Bonchev–Trinajstić information content (AvgIpc) is 3.19. The lowest BCUT2D eigenvalue weighted by atomic mass is 9.75. The van der Waals surface area contributed by atoms with Crippen molar-refractivity contribution < 1.29 is 33.5 Å². The van der Waals surface area contributed by atoms with Crippen LogP contribution in [0.4, 0.5) is 0 Å². The summed E-state index contributed by atoms with van der Waals surface area (Å²) in [6, 6.07) is 2.63. The highest BCUT2D eigenvalue weighted by atomic mass is 32.1. The van der Waals surface area contributed by atoms with E-state index in [0.717, 1.165) is 5.56 Å². The van der Waals surface area contributed by atoms with Gasteiger partial charge in [-0.3, -0.25) is 4.79 Å². The first-order valence-corrected chi connectivity index (χ1v) is 9.80. The zero-order chi connectivity index (χ0) is 21.3. The predicted molar refractivity (Wildman–Crippen MR) is 126 cm³/mol. The van der Waals surface area contributed by atoms with Crippen LogP contribution in [-0.4, -0.2) is 55.2 Å². The number of carbonyl (C=O) groups is 2. The Bertz CT molecular complexity index is 806. The van der Waals surface area contributed by atoms with Crippen molar-refractivity contribution in [2.24, 2.45) is 5.92 Å². The largest absolute Gasteiger partial charge is 0.492 e. The molecule has 1 aromatic carbocycles. The molecule has 11 heteroatoms. The van der Waals surface area contributed by atoms with E-state index in [0.29, 0.717) is 29.8 Å². The van der Waals surface area contributed by atoms with Gasteiger partial charge in [-0.1, -0.05) is 19.9 Å². The molecule has 2 aliphatic rings. The fraction of sp³-hybridized carbons (Fsp3) is 0.600. The smallest absolute Gasteiger partial charge is 0.461 e. The summed E-state index contributed by atoms with van der Waals surface area (Å²) in [4.78, 5) is 25.5. The van der Waals surface area contributed by atoms with E-state index in [1.54, 1.807) is 32.9 Å². The van der Waals surface area contributed by atoms with Gasteiger partial charge < -0.3 is 29.2 Å². The van der Waals surface area contributed by atoms with Crippen LogP contribution in [0.3, 0.4) is 0 Å². The highest BCUT2D eigenvalue weighted by Gasteiger charge is 2.35. The standard InChI is InChI=1S/C20H28BNO7.2H2S/c1-11(2)17(19(24)26-9-14-10-27-20(4,5)29-14)22-18(23)15-7-6-13-8-28-21(25)16(13)12(15)3;;/h6-7,11,14,17,25H,8-10H2,1-5H3,(H,22,23);2*1H2/t14-,17+;;/m1../s1. The maximum atomic E-state index is 12.9. The number of fused-ring (bicyclic) bond motifs is 1. The Balaban J connectivity index is 0.00000240. The molecule has 2 aliphatic heterocycles. The Morgan fingerprint density at radius 2 is 2.00 bits per heavy atom. The lowest BCUT2D eigenvalue weighted by Crippen LogP contribution is -2.46. The summed E-state index contributed by atoms with van der Waals surface area (Å²) in [5, 5.41) is 12.8. The van der Waals surface area contributed by atoms with Gasteiger partial charge in [-0.2, -0.15) is 27.0 Å². The summed E-state index contributed by atoms with van der Waals surface area (Å²) in [6.07, 6.45) is -0.335. The third-order valence-corrected chi connectivity index (χ3v) is 5.18. The first kappa shape index (κ1) is 27.8. The molecule has 1 fully saturated rings. The van der Waals surface area contributed by atoms with Crippen LogP contribution < -0.4 is 10.8 Å². The van der Waals surface area contributed by atoms with Crippen molar-refractivity contribution in [3.05, 3.63) is 28.8 Å². The van der Waals surface area contributed by atoms with Gasteiger partial charge in [0.2, 0.25) is 0 Å². The number of esters is 1. The molecule has 2 heterocycles. The van der Waals surface area contributed by atoms with Gasteiger partial charge in [-0.25, -0.2) is 4.79 Å². The highest BCUT2D eigenvalue weighted by molar-refractivity contribution is 7.59. The molecular formula is C20H32BNO7S2. The number of nitrogens with one attached hydrogen (secondary N) is 1. The van der Waals surface area contributed by atoms with Crippen LogP contribution in [0, 0.1) is 12.8 Å². The van der Waals surface area contributed by atoms with E-state index >= 15 is 0 Å². The second-order valence-electron chi connectivity index (χ2n) is 8.25. The summed E-state index contributed by atoms with van der Waals surface area (Å²) in [6.45, 7) is 9.73. The van der Waals surface area contributed by atoms with Crippen LogP contribution in [0.15, 0.2) is 12.1 Å². The van der Waals surface area contributed by atoms with Gasteiger partial charge in [-0.15, -0.1) is 0 Å². The summed E-state index contributed by atoms with van der Waals surface area (Å²) in [5.41, 5.74) is 2.50. The molecule has 2 N–H and O–H groups in total. The number of hydrogen-bond acceptors (Lipinski definition) is 7. The summed E-state index contributed by atoms with van der Waals surface area (Å²) in [5.74, 6) is -1.79. The van der Waals surface area contributed by atoms with Gasteiger partial charge in [0.25, 0.3) is 5.91 Å². The zero-order valence-electron chi connectivity index (χ0n) is 18.5. The topological polar surface area (TPSA) is 103 Å². The van der Waals surface area contributed by atoms with E-state index in [9.17, 15) is 14.6 Å². The van der Waals surface area contributed by atoms with Gasteiger partial charge in [0.05, 0.1) is 13.2 Å². The quantitative estimate of drug-likeness (QED) is 0.467. The maximum absolute atomic E-state index is 12.9. The third-order valence-electron chi connectivity index (χ3n) is 5.18. The number of carbonyl (C=O) groups excluding carboxylic acids is 2. The van der Waals surface area contributed by atoms with Crippen LogP contribution in [0.1, 0.15) is 49.2 Å². The molecule has 8 nitrogen and oxygen atoms in total. The number of rotatable bonds is 6. The molecule has 1 aromatic rings. The van der Waals surface area contributed by atoms with Crippen molar-refractivity contribution >= 4 is 51.4 Å². The van der Waals surface area contributed by atoms with E-state index in [1.807, 2.05) is 13.8 Å². The van der Waals surface area contributed by atoms with Crippen LogP contribution in [-0.2, 0) is 30.3 Å². The second-order valence-corrected chi connectivity index (χ2v) is 8.25. The number of amides is 1. The predicted octanol–water partition coefficient (Wildman–Crippen LogP) is 0.887. The molecule has 31 heavy (non-hydrogen) atoms. The zero-order valence-corrected chi connectivity index (χ0v) is 20.5. The first-order chi connectivity index (χ1) is 13.6. The second kappa shape index (κ2) is 11.1. The minimum absolute atomic E-state index is 0. The number of hydrogen-bond donors (Lipinski definition) is 2. The van der Waals surface area contributed by atoms with Gasteiger partial charge in [0.1, 0.15) is 18.8 Å². The minimum Gasteiger partial charge on any atom is -0.461 e. The molecule has 0 spiro atoms. The average molecular weight is 473 g/mol. The Kier molecular flexibility index (Phi) is 9.92. The van der Waals surface area contributed by atoms with E-state index < -0.39 is 30.8 Å². The van der Waals surface area contributed by atoms with Gasteiger partial charge in [0.15, 0.2) is 5.79 Å². The fourth-order valence-electron chi connectivity index (χ4n) is 3.58. The molecule has 1 saturated heterocycles. The molecule has 0 aliphatic carbocycles. The van der Waals surface area contributed by atoms with Crippen molar-refractivity contribution in [2.75, 3.05) is 13.2 Å². The van der Waals surface area contributed by atoms with E-state index in [-0.39, 0.29) is 45.6 Å². The molecule has 3 rings (SSSR count). The Hall–Kier alpha value is -1.24. The molecule has 0 radical (unpaired) electrons. The fourth-order valence-corrected chi connectivity index (χ4v) is 3.58. The molecule has 0 aromatic heterocycles. The van der Waals surface area contributed by atoms with Gasteiger partial charge in [-0.05, 0) is 49.3 Å². The van der Waals surface area contributed by atoms with Crippen LogP contribution in [0.5, 0.6) is 0 Å². The molecule has 0 bridgehead atoms. The van der Waals surface area contributed by atoms with Crippen molar-refractivity contribution in [3.8, 4) is 0 Å². The van der Waals surface area contributed by atoms with Gasteiger partial charge >= 0.3 is 13.1 Å².